The number of ether oxygens (including phenoxy) is 1. The van der Waals surface area contributed by atoms with Gasteiger partial charge in [-0.1, -0.05) is 12.1 Å². The molecule has 18 heavy (non-hydrogen) atoms. The van der Waals surface area contributed by atoms with Gasteiger partial charge in [0.2, 0.25) is 0 Å². The van der Waals surface area contributed by atoms with Crippen LogP contribution in [-0.4, -0.2) is 23.4 Å². The minimum atomic E-state index is -1.26. The lowest BCUT2D eigenvalue weighted by atomic mass is 10.0. The maximum absolute atomic E-state index is 10.5. The van der Waals surface area contributed by atoms with E-state index in [2.05, 4.69) is 0 Å². The Morgan fingerprint density at radius 1 is 1.39 bits per heavy atom. The van der Waals surface area contributed by atoms with Crippen LogP contribution < -0.4 is 15.6 Å². The fourth-order valence-electron chi connectivity index (χ4n) is 1.59. The molecule has 1 aromatic rings. The van der Waals surface area contributed by atoms with Crippen molar-refractivity contribution in [1.82, 2.24) is 0 Å². The van der Waals surface area contributed by atoms with Crippen molar-refractivity contribution in [3.8, 4) is 5.75 Å². The van der Waals surface area contributed by atoms with E-state index in [4.69, 9.17) is 15.6 Å². The van der Waals surface area contributed by atoms with Crippen molar-refractivity contribution in [2.24, 2.45) is 5.73 Å². The van der Waals surface area contributed by atoms with Crippen molar-refractivity contribution in [2.45, 2.75) is 25.4 Å². The van der Waals surface area contributed by atoms with E-state index in [-0.39, 0.29) is 0 Å². The summed E-state index contributed by atoms with van der Waals surface area (Å²) in [5.74, 6) is -0.464. The van der Waals surface area contributed by atoms with E-state index in [1.807, 2.05) is 24.3 Å². The minimum absolute atomic E-state index is 0.337. The van der Waals surface area contributed by atoms with Gasteiger partial charge in [-0.25, -0.2) is 0 Å². The molecule has 0 aromatic heterocycles. The van der Waals surface area contributed by atoms with Gasteiger partial charge in [-0.15, -0.1) is 0 Å². The van der Waals surface area contributed by atoms with Crippen LogP contribution in [0.4, 0.5) is 0 Å². The van der Waals surface area contributed by atoms with Crippen molar-refractivity contribution in [3.63, 3.8) is 0 Å². The largest absolute Gasteiger partial charge is 0.628 e. The third-order valence-corrected chi connectivity index (χ3v) is 2.71. The summed E-state index contributed by atoms with van der Waals surface area (Å²) < 4.78 is 5.04. The highest BCUT2D eigenvalue weighted by Crippen LogP contribution is 2.14. The van der Waals surface area contributed by atoms with E-state index in [0.717, 1.165) is 17.7 Å². The number of aryl methyl sites for hydroxylation is 1. The molecule has 0 aliphatic heterocycles. The van der Waals surface area contributed by atoms with Gasteiger partial charge >= 0.3 is 0 Å². The lowest BCUT2D eigenvalue weighted by molar-refractivity contribution is -0.351. The van der Waals surface area contributed by atoms with Crippen LogP contribution in [0.1, 0.15) is 18.4 Å². The Hall–Kier alpha value is -1.88. The zero-order valence-electron chi connectivity index (χ0n) is 10.3. The Morgan fingerprint density at radius 2 is 2.00 bits per heavy atom. The maximum Gasteiger partial charge on any atom is 0.118 e. The molecule has 1 aromatic carbocycles. The van der Waals surface area contributed by atoms with Gasteiger partial charge in [-0.2, -0.15) is 0 Å². The Morgan fingerprint density at radius 3 is 2.50 bits per heavy atom. The van der Waals surface area contributed by atoms with E-state index in [1.54, 1.807) is 7.11 Å². The second-order valence-electron chi connectivity index (χ2n) is 4.02. The molecular weight excluding hydrogens is 234 g/mol. The van der Waals surface area contributed by atoms with E-state index in [9.17, 15) is 10.2 Å². The number of rotatable bonds is 6. The molecule has 0 amide bonds. The van der Waals surface area contributed by atoms with Crippen molar-refractivity contribution in [3.05, 3.63) is 41.5 Å². The third-order valence-electron chi connectivity index (χ3n) is 2.71. The van der Waals surface area contributed by atoms with Crippen LogP contribution in [0.15, 0.2) is 35.9 Å². The van der Waals surface area contributed by atoms with Crippen LogP contribution >= 0.6 is 0 Å². The fourth-order valence-corrected chi connectivity index (χ4v) is 1.59. The predicted octanol–water partition coefficient (Wildman–Crippen LogP) is 0.425. The Kier molecular flexibility index (Phi) is 5.32. The minimum Gasteiger partial charge on any atom is -0.628 e. The number of nitrogens with two attached hydrogens (primary N) is 1. The molecule has 1 atom stereocenters. The molecular formula is C13H18NO4-. The van der Waals surface area contributed by atoms with Crippen LogP contribution in [0.25, 0.3) is 0 Å². The van der Waals surface area contributed by atoms with E-state index >= 15 is 0 Å². The van der Waals surface area contributed by atoms with Crippen LogP contribution in [0.3, 0.4) is 0 Å². The predicted molar refractivity (Wildman–Crippen MR) is 65.8 cm³/mol. The molecule has 0 radical (unpaired) electrons. The summed E-state index contributed by atoms with van der Waals surface area (Å²) in [7, 11) is 1.61. The van der Waals surface area contributed by atoms with Gasteiger partial charge in [0.1, 0.15) is 5.75 Å². The second-order valence-corrected chi connectivity index (χ2v) is 4.02. The molecule has 0 bridgehead atoms. The van der Waals surface area contributed by atoms with Gasteiger partial charge in [-0.3, -0.25) is 0 Å². The Labute approximate surface area is 106 Å². The monoisotopic (exact) mass is 252 g/mol. The Bertz CT molecular complexity index is 396. The lowest BCUT2D eigenvalue weighted by Gasteiger charge is -2.14. The molecule has 1 rings (SSSR count). The van der Waals surface area contributed by atoms with Crippen LogP contribution in [-0.2, 0) is 6.42 Å². The average Bonchev–Trinajstić information content (AvgIpc) is 2.38. The first-order chi connectivity index (χ1) is 8.54. The molecule has 5 heteroatoms. The van der Waals surface area contributed by atoms with Gasteiger partial charge < -0.3 is 25.8 Å². The molecule has 4 N–H and O–H groups in total. The van der Waals surface area contributed by atoms with E-state index in [0.29, 0.717) is 12.8 Å². The highest BCUT2D eigenvalue weighted by Gasteiger charge is 2.08. The number of benzene rings is 1. The zero-order valence-corrected chi connectivity index (χ0v) is 10.3. The third kappa shape index (κ3) is 4.18. The molecule has 0 saturated heterocycles. The summed E-state index contributed by atoms with van der Waals surface area (Å²) in [5, 5.41) is 28.6. The highest BCUT2D eigenvalue weighted by molar-refractivity contribution is 5.27. The van der Waals surface area contributed by atoms with E-state index < -0.39 is 17.7 Å². The smallest absolute Gasteiger partial charge is 0.118 e. The summed E-state index contributed by atoms with van der Waals surface area (Å²) in [4.78, 5) is 0. The average molecular weight is 252 g/mol. The van der Waals surface area contributed by atoms with Crippen LogP contribution in [0.5, 0.6) is 5.75 Å². The number of methoxy groups -OCH3 is 1. The standard InChI is InChI=1S/C13H19NO4/c1-18-10-7-5-9(6-8-10)3-2-4-11(15)12(14)13(16)17/h5-8,11,15-17H,2-4,14H2,1H3/p-1. The molecule has 0 fully saturated rings. The van der Waals surface area contributed by atoms with Gasteiger partial charge in [0.05, 0.1) is 24.9 Å². The van der Waals surface area contributed by atoms with Crippen molar-refractivity contribution < 1.29 is 20.1 Å². The van der Waals surface area contributed by atoms with Gasteiger partial charge in [-0.05, 0) is 37.0 Å². The first kappa shape index (κ1) is 14.2. The molecule has 0 aliphatic rings. The molecule has 0 saturated carbocycles. The summed E-state index contributed by atoms with van der Waals surface area (Å²) in [6.07, 6.45) is 0.681. The first-order valence-electron chi connectivity index (χ1n) is 5.71. The van der Waals surface area contributed by atoms with Crippen LogP contribution in [0.2, 0.25) is 0 Å². The molecule has 0 aliphatic carbocycles. The van der Waals surface area contributed by atoms with Gasteiger partial charge in [0.15, 0.2) is 0 Å². The lowest BCUT2D eigenvalue weighted by Crippen LogP contribution is -2.24. The van der Waals surface area contributed by atoms with Gasteiger partial charge in [0, 0.05) is 0 Å². The number of aliphatic hydroxyl groups excluding tert-OH is 2. The number of aliphatic hydroxyl groups is 2. The van der Waals surface area contributed by atoms with Crippen molar-refractivity contribution in [1.29, 1.82) is 0 Å². The van der Waals surface area contributed by atoms with Gasteiger partial charge in [0.25, 0.3) is 0 Å². The molecule has 0 spiro atoms. The van der Waals surface area contributed by atoms with Crippen molar-refractivity contribution in [2.75, 3.05) is 7.11 Å². The summed E-state index contributed by atoms with van der Waals surface area (Å²) in [6.45, 7) is 0. The number of hydrogen-bond donors (Lipinski definition) is 3. The molecule has 1 unspecified atom stereocenters. The van der Waals surface area contributed by atoms with Crippen LogP contribution in [0, 0.1) is 0 Å². The summed E-state index contributed by atoms with van der Waals surface area (Å²) in [5.41, 5.74) is 5.94. The SMILES string of the molecule is COc1ccc(CCCC(O)C(N)=C([O-])O)cc1. The normalized spacial score (nSPS) is 13.9. The summed E-state index contributed by atoms with van der Waals surface area (Å²) in [6, 6.07) is 7.61. The topological polar surface area (TPSA) is 98.8 Å². The first-order valence-corrected chi connectivity index (χ1v) is 5.71. The molecule has 0 heterocycles. The Balaban J connectivity index is 2.39. The fraction of sp³-hybridized carbons (Fsp3) is 0.385. The summed E-state index contributed by atoms with van der Waals surface area (Å²) >= 11 is 0. The maximum atomic E-state index is 10.5. The second kappa shape index (κ2) is 6.76. The quantitative estimate of drug-likeness (QED) is 0.637. The zero-order chi connectivity index (χ0) is 13.5. The van der Waals surface area contributed by atoms with E-state index in [1.165, 1.54) is 0 Å². The number of hydrogen-bond acceptors (Lipinski definition) is 5. The molecule has 100 valence electrons. The highest BCUT2D eigenvalue weighted by atomic mass is 16.5. The molecule has 5 nitrogen and oxygen atoms in total. The van der Waals surface area contributed by atoms with Crippen molar-refractivity contribution >= 4 is 0 Å².